The van der Waals surface area contributed by atoms with Crippen molar-refractivity contribution < 1.29 is 9.59 Å². The summed E-state index contributed by atoms with van der Waals surface area (Å²) in [5.74, 6) is -0.304. The predicted octanol–water partition coefficient (Wildman–Crippen LogP) is 2.83. The Balaban J connectivity index is 1.71. The molecule has 3 rings (SSSR count). The Morgan fingerprint density at radius 3 is 2.35 bits per heavy atom. The molecule has 0 unspecified atom stereocenters. The van der Waals surface area contributed by atoms with E-state index in [1.165, 1.54) is 5.01 Å². The summed E-state index contributed by atoms with van der Waals surface area (Å²) < 4.78 is 0. The number of hydrazone groups is 1. The van der Waals surface area contributed by atoms with Gasteiger partial charge in [-0.05, 0) is 17.7 Å². The molecule has 2 aromatic carbocycles. The van der Waals surface area contributed by atoms with Crippen LogP contribution >= 0.6 is 11.6 Å². The summed E-state index contributed by atoms with van der Waals surface area (Å²) in [4.78, 5) is 24.2. The molecule has 0 saturated carbocycles. The second kappa shape index (κ2) is 6.62. The molecule has 2 amide bonds. The monoisotopic (exact) mass is 327 g/mol. The number of carbonyl (C=O) groups excluding carboxylic acids is 2. The maximum atomic E-state index is 12.2. The van der Waals surface area contributed by atoms with Crippen LogP contribution in [0, 0.1) is 0 Å². The Bertz CT molecular complexity index is 747. The summed E-state index contributed by atoms with van der Waals surface area (Å²) in [5.41, 5.74) is 1.35. The van der Waals surface area contributed by atoms with Crippen molar-refractivity contribution in [3.8, 4) is 0 Å². The highest BCUT2D eigenvalue weighted by atomic mass is 35.5. The number of hydrogen-bond donors (Lipinski definition) is 1. The number of hydrogen-bond acceptors (Lipinski definition) is 3. The summed E-state index contributed by atoms with van der Waals surface area (Å²) in [7, 11) is 0. The molecule has 1 aliphatic rings. The van der Waals surface area contributed by atoms with Gasteiger partial charge in [0.15, 0.2) is 0 Å². The highest BCUT2D eigenvalue weighted by molar-refractivity contribution is 6.32. The van der Waals surface area contributed by atoms with Crippen molar-refractivity contribution in [2.24, 2.45) is 5.10 Å². The van der Waals surface area contributed by atoms with Crippen molar-refractivity contribution in [1.29, 1.82) is 0 Å². The Hall–Kier alpha value is -2.66. The molecule has 0 aromatic heterocycles. The lowest BCUT2D eigenvalue weighted by Crippen LogP contribution is -2.32. The van der Waals surface area contributed by atoms with Crippen LogP contribution < -0.4 is 10.3 Å². The zero-order chi connectivity index (χ0) is 16.2. The second-order valence-corrected chi connectivity index (χ2v) is 5.46. The lowest BCUT2D eigenvalue weighted by Gasteiger charge is -2.11. The SMILES string of the molecule is O=C(NC1=NN(c2ccccc2)C(=O)C1)[C@@H](Cl)c1ccccc1. The summed E-state index contributed by atoms with van der Waals surface area (Å²) in [6, 6.07) is 18.1. The highest BCUT2D eigenvalue weighted by Gasteiger charge is 2.28. The van der Waals surface area contributed by atoms with E-state index in [1.54, 1.807) is 24.3 Å². The minimum atomic E-state index is -0.834. The first-order chi connectivity index (χ1) is 11.1. The first-order valence-corrected chi connectivity index (χ1v) is 7.54. The largest absolute Gasteiger partial charge is 0.311 e. The zero-order valence-corrected chi connectivity index (χ0v) is 12.9. The Kier molecular flexibility index (Phi) is 4.39. The van der Waals surface area contributed by atoms with E-state index in [0.29, 0.717) is 17.1 Å². The number of alkyl halides is 1. The fourth-order valence-corrected chi connectivity index (χ4v) is 2.45. The smallest absolute Gasteiger partial charge is 0.255 e. The molecular weight excluding hydrogens is 314 g/mol. The van der Waals surface area contributed by atoms with Crippen LogP contribution in [0.3, 0.4) is 0 Å². The molecule has 0 fully saturated rings. The van der Waals surface area contributed by atoms with Gasteiger partial charge in [0, 0.05) is 0 Å². The van der Waals surface area contributed by atoms with Gasteiger partial charge in [0.2, 0.25) is 5.91 Å². The van der Waals surface area contributed by atoms with Gasteiger partial charge in [-0.3, -0.25) is 9.59 Å². The molecule has 2 aromatic rings. The van der Waals surface area contributed by atoms with Crippen LogP contribution in [0.25, 0.3) is 0 Å². The fraction of sp³-hybridized carbons (Fsp3) is 0.118. The first-order valence-electron chi connectivity index (χ1n) is 7.10. The Morgan fingerprint density at radius 2 is 1.70 bits per heavy atom. The Labute approximate surface area is 138 Å². The summed E-state index contributed by atoms with van der Waals surface area (Å²) in [5, 5.41) is 7.23. The van der Waals surface area contributed by atoms with Gasteiger partial charge in [-0.1, -0.05) is 48.5 Å². The summed E-state index contributed by atoms with van der Waals surface area (Å²) in [6.45, 7) is 0. The quantitative estimate of drug-likeness (QED) is 0.881. The van der Waals surface area contributed by atoms with Crippen molar-refractivity contribution in [3.05, 3.63) is 66.2 Å². The normalized spacial score (nSPS) is 15.3. The summed E-state index contributed by atoms with van der Waals surface area (Å²) in [6.07, 6.45) is 0.0407. The third-order valence-electron chi connectivity index (χ3n) is 3.37. The third-order valence-corrected chi connectivity index (χ3v) is 3.82. The highest BCUT2D eigenvalue weighted by Crippen LogP contribution is 2.22. The van der Waals surface area contributed by atoms with Gasteiger partial charge in [0.1, 0.15) is 11.2 Å². The minimum absolute atomic E-state index is 0.0407. The molecule has 23 heavy (non-hydrogen) atoms. The molecule has 1 N–H and O–H groups in total. The van der Waals surface area contributed by atoms with Gasteiger partial charge in [-0.2, -0.15) is 10.1 Å². The number of rotatable bonds is 3. The van der Waals surface area contributed by atoms with Crippen LogP contribution in [0.1, 0.15) is 17.4 Å². The van der Waals surface area contributed by atoms with E-state index in [4.69, 9.17) is 11.6 Å². The van der Waals surface area contributed by atoms with Gasteiger partial charge in [-0.25, -0.2) is 0 Å². The van der Waals surface area contributed by atoms with E-state index in [0.717, 1.165) is 0 Å². The second-order valence-electron chi connectivity index (χ2n) is 5.03. The number of nitrogens with zero attached hydrogens (tertiary/aromatic N) is 2. The number of anilines is 1. The molecule has 0 spiro atoms. The van der Waals surface area contributed by atoms with E-state index in [-0.39, 0.29) is 12.3 Å². The summed E-state index contributed by atoms with van der Waals surface area (Å²) >= 11 is 6.16. The van der Waals surface area contributed by atoms with Crippen molar-refractivity contribution in [3.63, 3.8) is 0 Å². The van der Waals surface area contributed by atoms with Crippen LogP contribution in [0.2, 0.25) is 0 Å². The molecule has 0 saturated heterocycles. The van der Waals surface area contributed by atoms with Crippen LogP contribution in [-0.4, -0.2) is 17.6 Å². The van der Waals surface area contributed by atoms with Gasteiger partial charge in [-0.15, -0.1) is 11.6 Å². The van der Waals surface area contributed by atoms with Crippen LogP contribution in [-0.2, 0) is 9.59 Å². The van der Waals surface area contributed by atoms with Crippen molar-refractivity contribution in [2.75, 3.05) is 5.01 Å². The van der Waals surface area contributed by atoms with E-state index in [2.05, 4.69) is 10.4 Å². The van der Waals surface area contributed by atoms with Crippen molar-refractivity contribution >= 4 is 34.9 Å². The minimum Gasteiger partial charge on any atom is -0.311 e. The van der Waals surface area contributed by atoms with Gasteiger partial charge < -0.3 is 5.32 Å². The molecule has 0 bridgehead atoms. The fourth-order valence-electron chi connectivity index (χ4n) is 2.25. The van der Waals surface area contributed by atoms with E-state index >= 15 is 0 Å². The van der Waals surface area contributed by atoms with Crippen molar-refractivity contribution in [2.45, 2.75) is 11.8 Å². The molecule has 1 aliphatic heterocycles. The van der Waals surface area contributed by atoms with E-state index in [1.807, 2.05) is 36.4 Å². The topological polar surface area (TPSA) is 61.8 Å². The van der Waals surface area contributed by atoms with Crippen LogP contribution in [0.4, 0.5) is 5.69 Å². The molecule has 1 atom stereocenters. The molecule has 0 aliphatic carbocycles. The Morgan fingerprint density at radius 1 is 1.09 bits per heavy atom. The number of carbonyl (C=O) groups is 2. The maximum absolute atomic E-state index is 12.2. The van der Waals surface area contributed by atoms with E-state index in [9.17, 15) is 9.59 Å². The van der Waals surface area contributed by atoms with E-state index < -0.39 is 11.3 Å². The third kappa shape index (κ3) is 3.40. The van der Waals surface area contributed by atoms with Crippen molar-refractivity contribution in [1.82, 2.24) is 5.32 Å². The zero-order valence-electron chi connectivity index (χ0n) is 12.1. The maximum Gasteiger partial charge on any atom is 0.255 e. The lowest BCUT2D eigenvalue weighted by atomic mass is 10.1. The predicted molar refractivity (Wildman–Crippen MR) is 89.2 cm³/mol. The van der Waals surface area contributed by atoms with Gasteiger partial charge in [0.05, 0.1) is 12.1 Å². The average molecular weight is 328 g/mol. The number of amidine groups is 1. The van der Waals surface area contributed by atoms with Crippen LogP contribution in [0.5, 0.6) is 0 Å². The number of para-hydroxylation sites is 1. The number of benzene rings is 2. The number of halogens is 1. The molecule has 116 valence electrons. The van der Waals surface area contributed by atoms with Gasteiger partial charge >= 0.3 is 0 Å². The molecule has 5 nitrogen and oxygen atoms in total. The molecule has 6 heteroatoms. The number of amides is 2. The average Bonchev–Trinajstić information content (AvgIpc) is 2.96. The lowest BCUT2D eigenvalue weighted by molar-refractivity contribution is -0.119. The molecule has 0 radical (unpaired) electrons. The van der Waals surface area contributed by atoms with Gasteiger partial charge in [0.25, 0.3) is 5.91 Å². The van der Waals surface area contributed by atoms with Crippen LogP contribution in [0.15, 0.2) is 65.8 Å². The standard InChI is InChI=1S/C17H14ClN3O2/c18-16(12-7-3-1-4-8-12)17(23)19-14-11-15(22)21(20-14)13-9-5-2-6-10-13/h1-10,16H,11H2,(H,19,20,23)/t16-/m0/s1. The molecular formula is C17H14ClN3O2. The first kappa shape index (κ1) is 15.2. The number of nitrogens with one attached hydrogen (secondary N) is 1. The molecule has 1 heterocycles.